The van der Waals surface area contributed by atoms with Crippen LogP contribution in [0.2, 0.25) is 0 Å². The van der Waals surface area contributed by atoms with Gasteiger partial charge in [0.15, 0.2) is 5.41 Å². The molecule has 0 radical (unpaired) electrons. The highest BCUT2D eigenvalue weighted by molar-refractivity contribution is 6.00. The Hall–Kier alpha value is -1.06. The third-order valence-electron chi connectivity index (χ3n) is 3.58. The number of rotatable bonds is 4. The van der Waals surface area contributed by atoms with E-state index in [2.05, 4.69) is 0 Å². The van der Waals surface area contributed by atoms with E-state index in [0.29, 0.717) is 19.6 Å². The number of hydrogen-bond donors (Lipinski definition) is 0. The lowest BCUT2D eigenvalue weighted by atomic mass is 9.67. The molecule has 0 saturated heterocycles. The van der Waals surface area contributed by atoms with Crippen molar-refractivity contribution in [1.82, 2.24) is 0 Å². The van der Waals surface area contributed by atoms with Gasteiger partial charge < -0.3 is 9.47 Å². The molecular formula is C13H22O4. The first-order valence-corrected chi connectivity index (χ1v) is 6.44. The van der Waals surface area contributed by atoms with E-state index in [0.717, 1.165) is 19.3 Å². The van der Waals surface area contributed by atoms with Crippen LogP contribution < -0.4 is 0 Å². The average molecular weight is 242 g/mol. The molecule has 1 aliphatic rings. The quantitative estimate of drug-likeness (QED) is 0.560. The summed E-state index contributed by atoms with van der Waals surface area (Å²) in [6.07, 6.45) is 3.35. The van der Waals surface area contributed by atoms with E-state index >= 15 is 0 Å². The van der Waals surface area contributed by atoms with E-state index in [4.69, 9.17) is 9.47 Å². The second-order valence-corrected chi connectivity index (χ2v) is 4.56. The van der Waals surface area contributed by atoms with Crippen LogP contribution in [0.4, 0.5) is 0 Å². The number of carbonyl (C=O) groups excluding carboxylic acids is 2. The van der Waals surface area contributed by atoms with Crippen LogP contribution in [0.1, 0.15) is 46.5 Å². The van der Waals surface area contributed by atoms with Crippen molar-refractivity contribution in [2.24, 2.45) is 11.3 Å². The topological polar surface area (TPSA) is 52.6 Å². The molecule has 0 aromatic carbocycles. The monoisotopic (exact) mass is 242 g/mol. The van der Waals surface area contributed by atoms with E-state index in [-0.39, 0.29) is 5.92 Å². The van der Waals surface area contributed by atoms with Crippen molar-refractivity contribution in [3.8, 4) is 0 Å². The molecule has 4 heteroatoms. The Bertz CT molecular complexity index is 267. The second-order valence-electron chi connectivity index (χ2n) is 4.56. The summed E-state index contributed by atoms with van der Waals surface area (Å²) in [7, 11) is 0. The predicted molar refractivity (Wildman–Crippen MR) is 63.3 cm³/mol. The smallest absolute Gasteiger partial charge is 0.323 e. The zero-order valence-electron chi connectivity index (χ0n) is 11.0. The molecule has 0 unspecified atom stereocenters. The molecule has 1 atom stereocenters. The minimum atomic E-state index is -1.07. The predicted octanol–water partition coefficient (Wildman–Crippen LogP) is 2.31. The lowest BCUT2D eigenvalue weighted by Gasteiger charge is -2.37. The molecule has 4 nitrogen and oxygen atoms in total. The summed E-state index contributed by atoms with van der Waals surface area (Å²) in [5.41, 5.74) is -1.07. The summed E-state index contributed by atoms with van der Waals surface area (Å²) in [4.78, 5) is 24.2. The zero-order valence-corrected chi connectivity index (χ0v) is 11.0. The molecule has 0 bridgehead atoms. The Morgan fingerprint density at radius 2 is 1.65 bits per heavy atom. The summed E-state index contributed by atoms with van der Waals surface area (Å²) in [6, 6.07) is 0. The fraction of sp³-hybridized carbons (Fsp3) is 0.846. The fourth-order valence-corrected chi connectivity index (χ4v) is 2.56. The van der Waals surface area contributed by atoms with Gasteiger partial charge in [-0.2, -0.15) is 0 Å². The zero-order chi connectivity index (χ0) is 12.9. The molecule has 0 N–H and O–H groups in total. The molecule has 0 aliphatic heterocycles. The average Bonchev–Trinajstić information content (AvgIpc) is 2.30. The van der Waals surface area contributed by atoms with Gasteiger partial charge in [-0.15, -0.1) is 0 Å². The van der Waals surface area contributed by atoms with Crippen LogP contribution in [0.3, 0.4) is 0 Å². The number of carbonyl (C=O) groups is 2. The molecule has 0 heterocycles. The fourth-order valence-electron chi connectivity index (χ4n) is 2.56. The van der Waals surface area contributed by atoms with E-state index in [1.54, 1.807) is 13.8 Å². The van der Waals surface area contributed by atoms with Crippen LogP contribution in [-0.4, -0.2) is 25.2 Å². The minimum Gasteiger partial charge on any atom is -0.465 e. The van der Waals surface area contributed by atoms with Gasteiger partial charge >= 0.3 is 11.9 Å². The molecular weight excluding hydrogens is 220 g/mol. The van der Waals surface area contributed by atoms with Crippen LogP contribution in [0, 0.1) is 11.3 Å². The van der Waals surface area contributed by atoms with Gasteiger partial charge in [0.1, 0.15) is 0 Å². The van der Waals surface area contributed by atoms with Gasteiger partial charge in [-0.05, 0) is 32.6 Å². The maximum atomic E-state index is 12.1. The van der Waals surface area contributed by atoms with Gasteiger partial charge in [0, 0.05) is 0 Å². The largest absolute Gasteiger partial charge is 0.465 e. The maximum Gasteiger partial charge on any atom is 0.323 e. The van der Waals surface area contributed by atoms with Gasteiger partial charge in [-0.25, -0.2) is 0 Å². The lowest BCUT2D eigenvalue weighted by molar-refractivity contribution is -0.179. The summed E-state index contributed by atoms with van der Waals surface area (Å²) < 4.78 is 10.2. The standard InChI is InChI=1S/C13H22O4/c1-4-16-11(14)13(12(15)17-5-2)9-7-6-8-10(13)3/h10H,4-9H2,1-3H3/t10-/m1/s1. The Balaban J connectivity index is 2.97. The first-order valence-electron chi connectivity index (χ1n) is 6.44. The van der Waals surface area contributed by atoms with Crippen molar-refractivity contribution in [3.05, 3.63) is 0 Å². The Labute approximate surface area is 103 Å². The number of ether oxygens (including phenoxy) is 2. The first-order chi connectivity index (χ1) is 8.09. The van der Waals surface area contributed by atoms with Gasteiger partial charge in [0.25, 0.3) is 0 Å². The summed E-state index contributed by atoms with van der Waals surface area (Å²) in [5, 5.41) is 0. The summed E-state index contributed by atoms with van der Waals surface area (Å²) in [5.74, 6) is -0.828. The molecule has 0 amide bonds. The van der Waals surface area contributed by atoms with Crippen molar-refractivity contribution in [2.75, 3.05) is 13.2 Å². The van der Waals surface area contributed by atoms with E-state index in [1.165, 1.54) is 0 Å². The molecule has 1 fully saturated rings. The highest BCUT2D eigenvalue weighted by atomic mass is 16.6. The lowest BCUT2D eigenvalue weighted by Crippen LogP contribution is -2.48. The highest BCUT2D eigenvalue weighted by Crippen LogP contribution is 2.43. The van der Waals surface area contributed by atoms with Crippen molar-refractivity contribution in [3.63, 3.8) is 0 Å². The van der Waals surface area contributed by atoms with Crippen molar-refractivity contribution < 1.29 is 19.1 Å². The van der Waals surface area contributed by atoms with Gasteiger partial charge in [-0.1, -0.05) is 19.8 Å². The number of hydrogen-bond acceptors (Lipinski definition) is 4. The van der Waals surface area contributed by atoms with Crippen molar-refractivity contribution in [1.29, 1.82) is 0 Å². The molecule has 1 saturated carbocycles. The third kappa shape index (κ3) is 2.61. The van der Waals surface area contributed by atoms with E-state index in [9.17, 15) is 9.59 Å². The van der Waals surface area contributed by atoms with Crippen LogP contribution in [-0.2, 0) is 19.1 Å². The third-order valence-corrected chi connectivity index (χ3v) is 3.58. The Morgan fingerprint density at radius 1 is 1.12 bits per heavy atom. The highest BCUT2D eigenvalue weighted by Gasteiger charge is 2.53. The van der Waals surface area contributed by atoms with E-state index in [1.807, 2.05) is 6.92 Å². The number of esters is 2. The van der Waals surface area contributed by atoms with Crippen LogP contribution >= 0.6 is 0 Å². The van der Waals surface area contributed by atoms with Gasteiger partial charge in [0.05, 0.1) is 13.2 Å². The van der Waals surface area contributed by atoms with Crippen molar-refractivity contribution in [2.45, 2.75) is 46.5 Å². The molecule has 17 heavy (non-hydrogen) atoms. The van der Waals surface area contributed by atoms with Crippen LogP contribution in [0.25, 0.3) is 0 Å². The summed E-state index contributed by atoms with van der Waals surface area (Å²) in [6.45, 7) is 6.04. The SMILES string of the molecule is CCOC(=O)C1(C(=O)OCC)CCCC[C@H]1C. The molecule has 1 aliphatic carbocycles. The normalized spacial score (nSPS) is 22.9. The summed E-state index contributed by atoms with van der Waals surface area (Å²) >= 11 is 0. The molecule has 0 aromatic heterocycles. The molecule has 0 aromatic rings. The molecule has 0 spiro atoms. The van der Waals surface area contributed by atoms with Crippen LogP contribution in [0.5, 0.6) is 0 Å². The molecule has 1 rings (SSSR count). The van der Waals surface area contributed by atoms with Gasteiger partial charge in [0.2, 0.25) is 0 Å². The van der Waals surface area contributed by atoms with E-state index < -0.39 is 17.4 Å². The first kappa shape index (κ1) is 14.0. The Morgan fingerprint density at radius 3 is 2.06 bits per heavy atom. The maximum absolute atomic E-state index is 12.1. The van der Waals surface area contributed by atoms with Crippen LogP contribution in [0.15, 0.2) is 0 Å². The second kappa shape index (κ2) is 6.03. The van der Waals surface area contributed by atoms with Crippen molar-refractivity contribution >= 4 is 11.9 Å². The molecule has 98 valence electrons. The Kier molecular flexibility index (Phi) is 4.97. The van der Waals surface area contributed by atoms with Gasteiger partial charge in [-0.3, -0.25) is 9.59 Å². The minimum absolute atomic E-state index is 0.00523.